The molecule has 0 saturated carbocycles. The minimum atomic E-state index is -0.415. The molecular formula is C15H21N3O3. The first-order valence-electron chi connectivity index (χ1n) is 7.21. The van der Waals surface area contributed by atoms with Crippen LogP contribution in [0.1, 0.15) is 42.7 Å². The second kappa shape index (κ2) is 6.56. The summed E-state index contributed by atoms with van der Waals surface area (Å²) >= 11 is 0. The van der Waals surface area contributed by atoms with Gasteiger partial charge in [0.1, 0.15) is 5.56 Å². The number of nitrogens with zero attached hydrogens (tertiary/aromatic N) is 3. The molecule has 0 N–H and O–H groups in total. The molecule has 2 aromatic heterocycles. The van der Waals surface area contributed by atoms with E-state index in [1.807, 2.05) is 11.6 Å². The summed E-state index contributed by atoms with van der Waals surface area (Å²) in [4.78, 5) is 20.9. The highest BCUT2D eigenvalue weighted by molar-refractivity contribution is 5.99. The van der Waals surface area contributed by atoms with Gasteiger partial charge in [0, 0.05) is 7.05 Å². The lowest BCUT2D eigenvalue weighted by molar-refractivity contribution is 0.0520. The molecule has 0 fully saturated rings. The number of aromatic nitrogens is 3. The third kappa shape index (κ3) is 2.99. The van der Waals surface area contributed by atoms with Crippen LogP contribution in [0.2, 0.25) is 0 Å². The van der Waals surface area contributed by atoms with Crippen LogP contribution in [0.4, 0.5) is 0 Å². The second-order valence-electron chi connectivity index (χ2n) is 4.85. The SMILES string of the molecule is CCCCOc1c(C(=O)OCC)c(C)nc2c1ncn2C. The Morgan fingerprint density at radius 3 is 2.81 bits per heavy atom. The zero-order valence-electron chi connectivity index (χ0n) is 13.0. The molecule has 0 spiro atoms. The summed E-state index contributed by atoms with van der Waals surface area (Å²) in [6.45, 7) is 6.50. The van der Waals surface area contributed by atoms with E-state index in [0.717, 1.165) is 12.8 Å². The van der Waals surface area contributed by atoms with Crippen LogP contribution >= 0.6 is 0 Å². The van der Waals surface area contributed by atoms with Gasteiger partial charge in [0.05, 0.1) is 25.2 Å². The van der Waals surface area contributed by atoms with Crippen molar-refractivity contribution >= 4 is 17.1 Å². The number of imidazole rings is 1. The fourth-order valence-corrected chi connectivity index (χ4v) is 2.12. The van der Waals surface area contributed by atoms with Crippen molar-refractivity contribution in [1.29, 1.82) is 0 Å². The number of hydrogen-bond donors (Lipinski definition) is 0. The molecule has 0 aliphatic rings. The van der Waals surface area contributed by atoms with Gasteiger partial charge >= 0.3 is 5.97 Å². The molecule has 6 nitrogen and oxygen atoms in total. The monoisotopic (exact) mass is 291 g/mol. The Labute approximate surface area is 124 Å². The smallest absolute Gasteiger partial charge is 0.343 e. The Hall–Kier alpha value is -2.11. The van der Waals surface area contributed by atoms with E-state index in [-0.39, 0.29) is 0 Å². The number of carbonyl (C=O) groups excluding carboxylic acids is 1. The molecule has 0 aliphatic heterocycles. The van der Waals surface area contributed by atoms with Crippen molar-refractivity contribution in [3.05, 3.63) is 17.6 Å². The first kappa shape index (κ1) is 15.3. The number of fused-ring (bicyclic) bond motifs is 1. The summed E-state index contributed by atoms with van der Waals surface area (Å²) < 4.78 is 12.8. The maximum absolute atomic E-state index is 12.2. The van der Waals surface area contributed by atoms with E-state index in [1.54, 1.807) is 20.2 Å². The predicted molar refractivity (Wildman–Crippen MR) is 79.6 cm³/mol. The van der Waals surface area contributed by atoms with Crippen LogP contribution in [-0.4, -0.2) is 33.7 Å². The molecule has 6 heteroatoms. The minimum Gasteiger partial charge on any atom is -0.490 e. The lowest BCUT2D eigenvalue weighted by atomic mass is 10.1. The van der Waals surface area contributed by atoms with Crippen molar-refractivity contribution in [2.75, 3.05) is 13.2 Å². The van der Waals surface area contributed by atoms with Crippen LogP contribution in [0.3, 0.4) is 0 Å². The van der Waals surface area contributed by atoms with Gasteiger partial charge in [-0.2, -0.15) is 0 Å². The van der Waals surface area contributed by atoms with E-state index < -0.39 is 5.97 Å². The van der Waals surface area contributed by atoms with Gasteiger partial charge in [-0.1, -0.05) is 13.3 Å². The highest BCUT2D eigenvalue weighted by Crippen LogP contribution is 2.30. The average molecular weight is 291 g/mol. The maximum atomic E-state index is 12.2. The van der Waals surface area contributed by atoms with Crippen molar-refractivity contribution in [1.82, 2.24) is 14.5 Å². The summed E-state index contributed by atoms with van der Waals surface area (Å²) in [5, 5.41) is 0. The highest BCUT2D eigenvalue weighted by atomic mass is 16.5. The summed E-state index contributed by atoms with van der Waals surface area (Å²) in [5.41, 5.74) is 2.27. The third-order valence-electron chi connectivity index (χ3n) is 3.21. The van der Waals surface area contributed by atoms with Gasteiger partial charge in [-0.25, -0.2) is 14.8 Å². The topological polar surface area (TPSA) is 66.2 Å². The third-order valence-corrected chi connectivity index (χ3v) is 3.21. The number of pyridine rings is 1. The molecule has 0 atom stereocenters. The largest absolute Gasteiger partial charge is 0.490 e. The van der Waals surface area contributed by atoms with E-state index >= 15 is 0 Å². The van der Waals surface area contributed by atoms with Crippen LogP contribution in [0.15, 0.2) is 6.33 Å². The summed E-state index contributed by atoms with van der Waals surface area (Å²) in [6, 6.07) is 0. The molecule has 0 radical (unpaired) electrons. The minimum absolute atomic E-state index is 0.312. The van der Waals surface area contributed by atoms with Crippen LogP contribution in [0, 0.1) is 6.92 Å². The quantitative estimate of drug-likeness (QED) is 0.604. The molecule has 114 valence electrons. The van der Waals surface area contributed by atoms with Gasteiger partial charge in [0.2, 0.25) is 0 Å². The molecule has 2 heterocycles. The van der Waals surface area contributed by atoms with Crippen LogP contribution < -0.4 is 4.74 Å². The number of ether oxygens (including phenoxy) is 2. The van der Waals surface area contributed by atoms with E-state index in [4.69, 9.17) is 9.47 Å². The molecule has 2 rings (SSSR count). The second-order valence-corrected chi connectivity index (χ2v) is 4.85. The van der Waals surface area contributed by atoms with E-state index in [9.17, 15) is 4.79 Å². The van der Waals surface area contributed by atoms with Gasteiger partial charge in [-0.3, -0.25) is 0 Å². The number of esters is 1. The number of carbonyl (C=O) groups is 1. The maximum Gasteiger partial charge on any atom is 0.343 e. The fourth-order valence-electron chi connectivity index (χ4n) is 2.12. The summed E-state index contributed by atoms with van der Waals surface area (Å²) in [5.74, 6) is 0.0616. The van der Waals surface area contributed by atoms with Gasteiger partial charge in [-0.15, -0.1) is 0 Å². The van der Waals surface area contributed by atoms with Crippen molar-refractivity contribution in [2.45, 2.75) is 33.6 Å². The Bertz CT molecular complexity index is 649. The first-order chi connectivity index (χ1) is 10.1. The molecule has 21 heavy (non-hydrogen) atoms. The Kier molecular flexibility index (Phi) is 4.77. The Morgan fingerprint density at radius 2 is 2.14 bits per heavy atom. The molecule has 2 aromatic rings. The number of rotatable bonds is 6. The number of hydrogen-bond acceptors (Lipinski definition) is 5. The summed E-state index contributed by atoms with van der Waals surface area (Å²) in [6.07, 6.45) is 3.60. The van der Waals surface area contributed by atoms with Gasteiger partial charge in [-0.05, 0) is 20.3 Å². The van der Waals surface area contributed by atoms with Crippen LogP contribution in [0.25, 0.3) is 11.2 Å². The normalized spacial score (nSPS) is 10.9. The van der Waals surface area contributed by atoms with Crippen molar-refractivity contribution in [3.63, 3.8) is 0 Å². The number of aryl methyl sites for hydroxylation is 2. The summed E-state index contributed by atoms with van der Waals surface area (Å²) in [7, 11) is 1.86. The Morgan fingerprint density at radius 1 is 1.38 bits per heavy atom. The molecule has 0 aliphatic carbocycles. The fraction of sp³-hybridized carbons (Fsp3) is 0.533. The number of unbranched alkanes of at least 4 members (excludes halogenated alkanes) is 1. The van der Waals surface area contributed by atoms with E-state index in [0.29, 0.717) is 41.4 Å². The molecule has 0 amide bonds. The molecule has 0 unspecified atom stereocenters. The predicted octanol–water partition coefficient (Wildman–Crippen LogP) is 2.63. The average Bonchev–Trinajstić information content (AvgIpc) is 2.80. The molecular weight excluding hydrogens is 270 g/mol. The standard InChI is InChI=1S/C15H21N3O3/c1-5-7-8-21-13-11(15(19)20-6-2)10(3)17-14-12(13)16-9-18(14)4/h9H,5-8H2,1-4H3. The van der Waals surface area contributed by atoms with Gasteiger partial charge in [0.15, 0.2) is 16.9 Å². The zero-order valence-corrected chi connectivity index (χ0v) is 13.0. The van der Waals surface area contributed by atoms with Crippen LogP contribution in [0.5, 0.6) is 5.75 Å². The molecule has 0 bridgehead atoms. The van der Waals surface area contributed by atoms with Crippen molar-refractivity contribution in [2.24, 2.45) is 7.05 Å². The first-order valence-corrected chi connectivity index (χ1v) is 7.21. The van der Waals surface area contributed by atoms with Crippen molar-refractivity contribution < 1.29 is 14.3 Å². The Balaban J connectivity index is 2.55. The molecule has 0 aromatic carbocycles. The zero-order chi connectivity index (χ0) is 15.4. The van der Waals surface area contributed by atoms with Gasteiger partial charge in [0.25, 0.3) is 0 Å². The van der Waals surface area contributed by atoms with E-state index in [1.165, 1.54) is 0 Å². The molecule has 0 saturated heterocycles. The lowest BCUT2D eigenvalue weighted by Crippen LogP contribution is -2.12. The van der Waals surface area contributed by atoms with Gasteiger partial charge < -0.3 is 14.0 Å². The lowest BCUT2D eigenvalue weighted by Gasteiger charge is -2.13. The van der Waals surface area contributed by atoms with Crippen LogP contribution in [-0.2, 0) is 11.8 Å². The highest BCUT2D eigenvalue weighted by Gasteiger charge is 2.23. The van der Waals surface area contributed by atoms with E-state index in [2.05, 4.69) is 16.9 Å². The van der Waals surface area contributed by atoms with Crippen molar-refractivity contribution in [3.8, 4) is 5.75 Å².